The molecule has 22 heavy (non-hydrogen) atoms. The standard InChI is InChI=1S/C7H9NO3S.C7H8.C2H6N/c9-12(10,11)6-8-7-4-2-1-3-5-7;1-7-5-3-2-4-6-7;1-3-2/h1-5,8H,6H2,(H,9,10,11);2-6H,1H3;1-2H3/q;;-1/p-1. The zero-order chi connectivity index (χ0) is 16.8. The number of hydrogen-bond donors (Lipinski definition) is 1. The monoisotopic (exact) mass is 322 g/mol. The highest BCUT2D eigenvalue weighted by atomic mass is 32.2. The van der Waals surface area contributed by atoms with Crippen LogP contribution in [0.4, 0.5) is 5.69 Å². The fourth-order valence-electron chi connectivity index (χ4n) is 1.26. The van der Waals surface area contributed by atoms with Gasteiger partial charge in [-0.05, 0) is 19.1 Å². The van der Waals surface area contributed by atoms with E-state index in [1.807, 2.05) is 18.2 Å². The molecular formula is C16H22N2O3S-2. The van der Waals surface area contributed by atoms with Gasteiger partial charge in [0.2, 0.25) is 0 Å². The Morgan fingerprint density at radius 1 is 0.955 bits per heavy atom. The molecule has 0 aliphatic carbocycles. The first-order valence-electron chi connectivity index (χ1n) is 6.61. The van der Waals surface area contributed by atoms with E-state index in [0.717, 1.165) is 0 Å². The number of aryl methyl sites for hydroxylation is 1. The van der Waals surface area contributed by atoms with Crippen molar-refractivity contribution in [2.45, 2.75) is 6.92 Å². The Morgan fingerprint density at radius 2 is 1.36 bits per heavy atom. The molecule has 2 aromatic rings. The van der Waals surface area contributed by atoms with Gasteiger partial charge in [-0.3, -0.25) is 0 Å². The second kappa shape index (κ2) is 11.7. The van der Waals surface area contributed by atoms with Gasteiger partial charge in [-0.1, -0.05) is 54.1 Å². The van der Waals surface area contributed by atoms with E-state index in [9.17, 15) is 13.0 Å². The lowest BCUT2D eigenvalue weighted by Gasteiger charge is -2.08. The Kier molecular flexibility index (Phi) is 10.7. The normalized spacial score (nSPS) is 9.64. The van der Waals surface area contributed by atoms with Gasteiger partial charge in [-0.2, -0.15) is 14.1 Å². The maximum atomic E-state index is 10.2. The lowest BCUT2D eigenvalue weighted by molar-refractivity contribution is 0.465. The molecule has 0 fully saturated rings. The SMILES string of the molecule is C[N-]C.Cc1ccccc1.O=S(=O)([O-])CNc1ccccc1. The van der Waals surface area contributed by atoms with Gasteiger partial charge in [0, 0.05) is 5.69 Å². The van der Waals surface area contributed by atoms with Crippen molar-refractivity contribution in [1.82, 2.24) is 0 Å². The molecule has 6 heteroatoms. The van der Waals surface area contributed by atoms with E-state index in [4.69, 9.17) is 0 Å². The fraction of sp³-hybridized carbons (Fsp3) is 0.250. The van der Waals surface area contributed by atoms with Gasteiger partial charge in [0.25, 0.3) is 0 Å². The Bertz CT molecular complexity index is 587. The average Bonchev–Trinajstić information content (AvgIpc) is 2.48. The van der Waals surface area contributed by atoms with Crippen LogP contribution in [-0.2, 0) is 10.1 Å². The van der Waals surface area contributed by atoms with Gasteiger partial charge in [-0.15, -0.1) is 0 Å². The van der Waals surface area contributed by atoms with Crippen LogP contribution in [0.25, 0.3) is 5.32 Å². The zero-order valence-corrected chi connectivity index (χ0v) is 13.9. The Morgan fingerprint density at radius 3 is 1.68 bits per heavy atom. The van der Waals surface area contributed by atoms with E-state index >= 15 is 0 Å². The number of para-hydroxylation sites is 1. The van der Waals surface area contributed by atoms with E-state index < -0.39 is 16.0 Å². The summed E-state index contributed by atoms with van der Waals surface area (Å²) >= 11 is 0. The molecule has 0 heterocycles. The summed E-state index contributed by atoms with van der Waals surface area (Å²) in [5, 5.41) is 5.98. The van der Waals surface area contributed by atoms with Crippen molar-refractivity contribution in [3.05, 3.63) is 71.5 Å². The summed E-state index contributed by atoms with van der Waals surface area (Å²) < 4.78 is 30.6. The molecule has 5 nitrogen and oxygen atoms in total. The number of benzene rings is 2. The summed E-state index contributed by atoms with van der Waals surface area (Å²) in [6, 6.07) is 18.9. The van der Waals surface area contributed by atoms with Gasteiger partial charge < -0.3 is 15.2 Å². The molecular weight excluding hydrogens is 300 g/mol. The quantitative estimate of drug-likeness (QED) is 0.879. The number of nitrogens with one attached hydrogen (secondary N) is 1. The second-order valence-electron chi connectivity index (χ2n) is 4.35. The number of nitrogens with zero attached hydrogens (tertiary/aromatic N) is 1. The lowest BCUT2D eigenvalue weighted by Crippen LogP contribution is -2.12. The molecule has 0 aliphatic rings. The molecule has 2 aromatic carbocycles. The van der Waals surface area contributed by atoms with E-state index in [1.54, 1.807) is 44.4 Å². The molecule has 0 radical (unpaired) electrons. The minimum Gasteiger partial charge on any atom is -0.747 e. The first-order valence-corrected chi connectivity index (χ1v) is 8.19. The van der Waals surface area contributed by atoms with Gasteiger partial charge in [-0.25, -0.2) is 8.42 Å². The molecule has 0 atom stereocenters. The minimum atomic E-state index is -4.18. The third kappa shape index (κ3) is 13.1. The average molecular weight is 322 g/mol. The van der Waals surface area contributed by atoms with Crippen LogP contribution in [0.2, 0.25) is 0 Å². The summed E-state index contributed by atoms with van der Waals surface area (Å²) in [5.74, 6) is -0.572. The molecule has 0 aliphatic heterocycles. The maximum Gasteiger partial charge on any atom is 0.113 e. The first kappa shape index (κ1) is 20.1. The highest BCUT2D eigenvalue weighted by molar-refractivity contribution is 7.85. The zero-order valence-electron chi connectivity index (χ0n) is 13.1. The fourth-order valence-corrected chi connectivity index (χ4v) is 1.61. The largest absolute Gasteiger partial charge is 0.747 e. The third-order valence-corrected chi connectivity index (χ3v) is 2.67. The van der Waals surface area contributed by atoms with E-state index in [0.29, 0.717) is 5.69 Å². The summed E-state index contributed by atoms with van der Waals surface area (Å²) in [6.45, 7) is 2.08. The van der Waals surface area contributed by atoms with Crippen LogP contribution in [0.3, 0.4) is 0 Å². The van der Waals surface area contributed by atoms with Crippen LogP contribution in [-0.4, -0.2) is 32.9 Å². The summed E-state index contributed by atoms with van der Waals surface area (Å²) in [7, 11) is -0.683. The summed E-state index contributed by atoms with van der Waals surface area (Å²) in [6.07, 6.45) is 0. The first-order chi connectivity index (χ1) is 10.4. The van der Waals surface area contributed by atoms with Crippen LogP contribution in [0.15, 0.2) is 60.7 Å². The molecule has 122 valence electrons. The predicted molar refractivity (Wildman–Crippen MR) is 91.0 cm³/mol. The van der Waals surface area contributed by atoms with Crippen molar-refractivity contribution < 1.29 is 13.0 Å². The highest BCUT2D eigenvalue weighted by Gasteiger charge is 1.93. The van der Waals surface area contributed by atoms with Crippen molar-refractivity contribution in [1.29, 1.82) is 0 Å². The Labute approximate surface area is 133 Å². The molecule has 0 spiro atoms. The lowest BCUT2D eigenvalue weighted by atomic mass is 10.2. The molecule has 0 saturated heterocycles. The second-order valence-corrected chi connectivity index (χ2v) is 5.75. The molecule has 0 aromatic heterocycles. The molecule has 0 unspecified atom stereocenters. The van der Waals surface area contributed by atoms with Crippen molar-refractivity contribution in [3.63, 3.8) is 0 Å². The number of hydrogen-bond acceptors (Lipinski definition) is 4. The van der Waals surface area contributed by atoms with E-state index in [1.165, 1.54) is 5.56 Å². The van der Waals surface area contributed by atoms with Gasteiger partial charge >= 0.3 is 0 Å². The van der Waals surface area contributed by atoms with Crippen LogP contribution in [0.1, 0.15) is 5.56 Å². The maximum absolute atomic E-state index is 10.2. The van der Waals surface area contributed by atoms with Crippen molar-refractivity contribution in [3.8, 4) is 0 Å². The molecule has 1 N–H and O–H groups in total. The molecule has 0 bridgehead atoms. The van der Waals surface area contributed by atoms with Gasteiger partial charge in [0.05, 0.1) is 0 Å². The van der Waals surface area contributed by atoms with Gasteiger partial charge in [0.15, 0.2) is 0 Å². The van der Waals surface area contributed by atoms with Crippen molar-refractivity contribution >= 4 is 15.8 Å². The predicted octanol–water partition coefficient (Wildman–Crippen LogP) is 3.22. The summed E-state index contributed by atoms with van der Waals surface area (Å²) in [4.78, 5) is 0. The smallest absolute Gasteiger partial charge is 0.113 e. The minimum absolute atomic E-state index is 0.572. The van der Waals surface area contributed by atoms with Crippen LogP contribution < -0.4 is 5.32 Å². The third-order valence-electron chi connectivity index (χ3n) is 2.17. The topological polar surface area (TPSA) is 83.3 Å². The summed E-state index contributed by atoms with van der Waals surface area (Å²) in [5.41, 5.74) is 1.94. The molecule has 2 rings (SSSR count). The highest BCUT2D eigenvalue weighted by Crippen LogP contribution is 2.04. The van der Waals surface area contributed by atoms with Crippen LogP contribution in [0, 0.1) is 6.92 Å². The molecule has 0 amide bonds. The Hall–Kier alpha value is -1.89. The van der Waals surface area contributed by atoms with Crippen LogP contribution in [0.5, 0.6) is 0 Å². The molecule has 0 saturated carbocycles. The number of anilines is 1. The van der Waals surface area contributed by atoms with Gasteiger partial charge in [0.1, 0.15) is 16.0 Å². The Balaban J connectivity index is 0.000000372. The van der Waals surface area contributed by atoms with Crippen molar-refractivity contribution in [2.75, 3.05) is 25.3 Å². The van der Waals surface area contributed by atoms with Crippen molar-refractivity contribution in [2.24, 2.45) is 0 Å². The van der Waals surface area contributed by atoms with Crippen LogP contribution >= 0.6 is 0 Å². The number of rotatable bonds is 3. The van der Waals surface area contributed by atoms with E-state index in [-0.39, 0.29) is 0 Å². The van der Waals surface area contributed by atoms with E-state index in [2.05, 4.69) is 29.7 Å².